The topological polar surface area (TPSA) is 21.1 Å². The van der Waals surface area contributed by atoms with Crippen LogP contribution in [0.15, 0.2) is 170 Å². The Kier molecular flexibility index (Phi) is 6.69. The Morgan fingerprint density at radius 3 is 2.00 bits per heavy atom. The van der Waals surface area contributed by atoms with Gasteiger partial charge in [0.1, 0.15) is 0 Å². The van der Waals surface area contributed by atoms with Gasteiger partial charge in [0, 0.05) is 40.2 Å². The number of para-hydroxylation sites is 1. The van der Waals surface area contributed by atoms with Crippen molar-refractivity contribution in [2.24, 2.45) is 0 Å². The maximum Gasteiger partial charge on any atom is 0.0562 e. The van der Waals surface area contributed by atoms with Crippen LogP contribution in [-0.4, -0.2) is 9.55 Å². The van der Waals surface area contributed by atoms with Crippen molar-refractivity contribution in [2.75, 3.05) is 4.90 Å². The second kappa shape index (κ2) is 11.3. The molecule has 2 heterocycles. The van der Waals surface area contributed by atoms with E-state index in [-0.39, 0.29) is 0 Å². The monoisotopic (exact) mass is 577 g/mol. The van der Waals surface area contributed by atoms with Gasteiger partial charge in [0.2, 0.25) is 0 Å². The van der Waals surface area contributed by atoms with Crippen molar-refractivity contribution >= 4 is 38.9 Å². The SMILES string of the molecule is Cc1ccc(N(c2cccc(-c3ccccc3)c2)c2cccc3c2c2ccccc2n3-c2ccc(-c3cccnc3)cc2)cc1. The summed E-state index contributed by atoms with van der Waals surface area (Å²) in [6, 6.07) is 56.5. The fourth-order valence-corrected chi connectivity index (χ4v) is 6.38. The molecule has 214 valence electrons. The molecule has 0 radical (unpaired) electrons. The largest absolute Gasteiger partial charge is 0.310 e. The molecule has 8 aromatic rings. The van der Waals surface area contributed by atoms with Gasteiger partial charge in [-0.05, 0) is 89.8 Å². The normalized spacial score (nSPS) is 11.2. The molecule has 0 atom stereocenters. The zero-order valence-electron chi connectivity index (χ0n) is 25.0. The molecule has 0 amide bonds. The van der Waals surface area contributed by atoms with Crippen LogP contribution < -0.4 is 4.90 Å². The zero-order valence-corrected chi connectivity index (χ0v) is 25.0. The highest BCUT2D eigenvalue weighted by molar-refractivity contribution is 6.16. The van der Waals surface area contributed by atoms with Crippen LogP contribution in [0.3, 0.4) is 0 Å². The second-order valence-electron chi connectivity index (χ2n) is 11.4. The number of anilines is 3. The van der Waals surface area contributed by atoms with E-state index in [9.17, 15) is 0 Å². The number of aromatic nitrogens is 2. The summed E-state index contributed by atoms with van der Waals surface area (Å²) in [5.41, 5.74) is 12.7. The molecule has 0 saturated carbocycles. The predicted octanol–water partition coefficient (Wildman–Crippen LogP) is 11.3. The third-order valence-electron chi connectivity index (χ3n) is 8.54. The lowest BCUT2D eigenvalue weighted by molar-refractivity contribution is 1.18. The Balaban J connectivity index is 1.35. The van der Waals surface area contributed by atoms with Gasteiger partial charge in [-0.25, -0.2) is 0 Å². The fourth-order valence-electron chi connectivity index (χ4n) is 6.38. The Labute approximate surface area is 263 Å². The van der Waals surface area contributed by atoms with Crippen molar-refractivity contribution in [2.45, 2.75) is 6.92 Å². The molecule has 6 aromatic carbocycles. The first-order chi connectivity index (χ1) is 22.2. The minimum atomic E-state index is 1.11. The minimum Gasteiger partial charge on any atom is -0.310 e. The zero-order chi connectivity index (χ0) is 30.2. The molecule has 0 aliphatic rings. The highest BCUT2D eigenvalue weighted by Crippen LogP contribution is 2.44. The van der Waals surface area contributed by atoms with Crippen LogP contribution in [0.4, 0.5) is 17.1 Å². The summed E-state index contributed by atoms with van der Waals surface area (Å²) in [6.07, 6.45) is 3.72. The molecule has 2 aromatic heterocycles. The lowest BCUT2D eigenvalue weighted by Gasteiger charge is -2.27. The number of benzene rings is 6. The van der Waals surface area contributed by atoms with Crippen LogP contribution in [0.5, 0.6) is 0 Å². The average molecular weight is 578 g/mol. The van der Waals surface area contributed by atoms with E-state index in [1.54, 1.807) is 0 Å². The quantitative estimate of drug-likeness (QED) is 0.196. The van der Waals surface area contributed by atoms with E-state index in [4.69, 9.17) is 0 Å². The average Bonchev–Trinajstić information content (AvgIpc) is 3.45. The van der Waals surface area contributed by atoms with E-state index in [0.717, 1.165) is 33.9 Å². The molecule has 8 rings (SSSR count). The van der Waals surface area contributed by atoms with Gasteiger partial charge in [-0.1, -0.05) is 103 Å². The lowest BCUT2D eigenvalue weighted by atomic mass is 10.0. The Hall–Kier alpha value is -5.93. The number of rotatable bonds is 6. The van der Waals surface area contributed by atoms with Gasteiger partial charge in [0.25, 0.3) is 0 Å². The molecular formula is C42H31N3. The van der Waals surface area contributed by atoms with Crippen molar-refractivity contribution in [1.29, 1.82) is 0 Å². The van der Waals surface area contributed by atoms with E-state index < -0.39 is 0 Å². The van der Waals surface area contributed by atoms with Crippen LogP contribution in [0.25, 0.3) is 49.7 Å². The molecule has 0 aliphatic heterocycles. The number of nitrogens with zero attached hydrogens (tertiary/aromatic N) is 3. The van der Waals surface area contributed by atoms with Gasteiger partial charge in [0.15, 0.2) is 0 Å². The Morgan fingerprint density at radius 1 is 0.511 bits per heavy atom. The molecular weight excluding hydrogens is 546 g/mol. The van der Waals surface area contributed by atoms with Gasteiger partial charge in [0.05, 0.1) is 16.7 Å². The van der Waals surface area contributed by atoms with Gasteiger partial charge in [-0.15, -0.1) is 0 Å². The van der Waals surface area contributed by atoms with Gasteiger partial charge >= 0.3 is 0 Å². The van der Waals surface area contributed by atoms with E-state index in [2.05, 4.69) is 173 Å². The second-order valence-corrected chi connectivity index (χ2v) is 11.4. The molecule has 0 spiro atoms. The van der Waals surface area contributed by atoms with E-state index in [0.29, 0.717) is 0 Å². The molecule has 45 heavy (non-hydrogen) atoms. The van der Waals surface area contributed by atoms with Crippen LogP contribution in [0, 0.1) is 6.92 Å². The Bertz CT molecular complexity index is 2250. The summed E-state index contributed by atoms with van der Waals surface area (Å²) in [6.45, 7) is 2.14. The minimum absolute atomic E-state index is 1.11. The highest BCUT2D eigenvalue weighted by atomic mass is 15.1. The van der Waals surface area contributed by atoms with Crippen molar-refractivity contribution in [3.63, 3.8) is 0 Å². The molecule has 0 saturated heterocycles. The summed E-state index contributed by atoms with van der Waals surface area (Å²) in [5, 5.41) is 2.44. The number of aryl methyl sites for hydroxylation is 1. The van der Waals surface area contributed by atoms with Crippen LogP contribution >= 0.6 is 0 Å². The van der Waals surface area contributed by atoms with E-state index >= 15 is 0 Å². The summed E-state index contributed by atoms with van der Waals surface area (Å²) >= 11 is 0. The third-order valence-corrected chi connectivity index (χ3v) is 8.54. The first-order valence-electron chi connectivity index (χ1n) is 15.3. The molecule has 0 aliphatic carbocycles. The van der Waals surface area contributed by atoms with Crippen molar-refractivity contribution in [3.05, 3.63) is 176 Å². The highest BCUT2D eigenvalue weighted by Gasteiger charge is 2.21. The first kappa shape index (κ1) is 26.7. The smallest absolute Gasteiger partial charge is 0.0562 e. The summed E-state index contributed by atoms with van der Waals surface area (Å²) < 4.78 is 2.38. The Morgan fingerprint density at radius 2 is 1.20 bits per heavy atom. The van der Waals surface area contributed by atoms with Gasteiger partial charge in [-0.3, -0.25) is 4.98 Å². The predicted molar refractivity (Wildman–Crippen MR) is 189 cm³/mol. The van der Waals surface area contributed by atoms with E-state index in [1.807, 2.05) is 18.5 Å². The van der Waals surface area contributed by atoms with Crippen LogP contribution in [0.1, 0.15) is 5.56 Å². The summed E-state index contributed by atoms with van der Waals surface area (Å²) in [4.78, 5) is 6.71. The first-order valence-corrected chi connectivity index (χ1v) is 15.3. The van der Waals surface area contributed by atoms with Gasteiger partial charge < -0.3 is 9.47 Å². The van der Waals surface area contributed by atoms with Crippen molar-refractivity contribution < 1.29 is 0 Å². The third kappa shape index (κ3) is 4.85. The fraction of sp³-hybridized carbons (Fsp3) is 0.0238. The molecule has 3 nitrogen and oxygen atoms in total. The molecule has 3 heteroatoms. The number of hydrogen-bond donors (Lipinski definition) is 0. The van der Waals surface area contributed by atoms with E-state index in [1.165, 1.54) is 38.5 Å². The molecule has 0 bridgehead atoms. The number of pyridine rings is 1. The van der Waals surface area contributed by atoms with Crippen LogP contribution in [-0.2, 0) is 0 Å². The van der Waals surface area contributed by atoms with Crippen molar-refractivity contribution in [3.8, 4) is 27.9 Å². The standard InChI is InChI=1S/C42H31N3/c1-30-19-23-35(24-20-30)44(37-14-7-12-33(28-37)31-10-3-2-4-11-31)40-17-8-18-41-42(40)38-15-5-6-16-39(38)45(41)36-25-21-32(22-26-36)34-13-9-27-43-29-34/h2-29H,1H3. The lowest BCUT2D eigenvalue weighted by Crippen LogP contribution is -2.10. The van der Waals surface area contributed by atoms with Gasteiger partial charge in [-0.2, -0.15) is 0 Å². The van der Waals surface area contributed by atoms with Crippen molar-refractivity contribution in [1.82, 2.24) is 9.55 Å². The maximum atomic E-state index is 4.31. The molecule has 0 N–H and O–H groups in total. The molecule has 0 fully saturated rings. The maximum absolute atomic E-state index is 4.31. The summed E-state index contributed by atoms with van der Waals surface area (Å²) in [5.74, 6) is 0. The van der Waals surface area contributed by atoms with Crippen LogP contribution in [0.2, 0.25) is 0 Å². The number of fused-ring (bicyclic) bond motifs is 3. The summed E-state index contributed by atoms with van der Waals surface area (Å²) in [7, 11) is 0. The molecule has 0 unspecified atom stereocenters. The number of hydrogen-bond acceptors (Lipinski definition) is 2.